The van der Waals surface area contributed by atoms with Gasteiger partial charge in [0.2, 0.25) is 0 Å². The first kappa shape index (κ1) is 22.9. The van der Waals surface area contributed by atoms with Crippen LogP contribution in [0, 0.1) is 40.4 Å². The van der Waals surface area contributed by atoms with Crippen LogP contribution in [0.4, 0.5) is 0 Å². The van der Waals surface area contributed by atoms with E-state index in [2.05, 4.69) is 6.92 Å². The van der Waals surface area contributed by atoms with E-state index in [4.69, 9.17) is 9.47 Å². The molecule has 0 heterocycles. The fourth-order valence-corrected chi connectivity index (χ4v) is 7.61. The van der Waals surface area contributed by atoms with E-state index in [9.17, 15) is 24.3 Å². The van der Waals surface area contributed by atoms with Gasteiger partial charge in [0.15, 0.2) is 11.6 Å². The molecule has 4 aliphatic rings. The number of Topliss-reactive ketones (excluding diaryl/α,β-unsaturated/α-hetero) is 1. The molecule has 1 N–H and O–H groups in total. The van der Waals surface area contributed by atoms with Crippen LogP contribution in [0.25, 0.3) is 0 Å². The summed E-state index contributed by atoms with van der Waals surface area (Å²) in [5.74, 6) is -2.55. The summed E-state index contributed by atoms with van der Waals surface area (Å²) in [7, 11) is 1.32. The van der Waals surface area contributed by atoms with Crippen LogP contribution >= 0.6 is 0 Å². The van der Waals surface area contributed by atoms with Gasteiger partial charge in [-0.25, -0.2) is 0 Å². The highest BCUT2D eigenvalue weighted by Gasteiger charge is 2.66. The van der Waals surface area contributed by atoms with Crippen molar-refractivity contribution < 1.29 is 33.8 Å². The molecule has 7 heteroatoms. The lowest BCUT2D eigenvalue weighted by molar-refractivity contribution is -0.157. The largest absolute Gasteiger partial charge is 0.469 e. The summed E-state index contributed by atoms with van der Waals surface area (Å²) in [4.78, 5) is 49.2. The van der Waals surface area contributed by atoms with Gasteiger partial charge in [-0.15, -0.1) is 0 Å². The van der Waals surface area contributed by atoms with Crippen LogP contribution in [0.1, 0.15) is 46.5 Å². The van der Waals surface area contributed by atoms with Crippen LogP contribution in [0.5, 0.6) is 0 Å². The van der Waals surface area contributed by atoms with Crippen molar-refractivity contribution in [3.05, 3.63) is 23.8 Å². The van der Waals surface area contributed by atoms with Crippen molar-refractivity contribution in [1.82, 2.24) is 0 Å². The van der Waals surface area contributed by atoms with Gasteiger partial charge in [0.25, 0.3) is 0 Å². The number of methoxy groups -OCH3 is 1. The molecule has 0 spiro atoms. The van der Waals surface area contributed by atoms with Crippen molar-refractivity contribution in [1.29, 1.82) is 0 Å². The Morgan fingerprint density at radius 2 is 1.97 bits per heavy atom. The monoisotopic (exact) mass is 444 g/mol. The van der Waals surface area contributed by atoms with E-state index in [-0.39, 0.29) is 35.9 Å². The average molecular weight is 445 g/mol. The van der Waals surface area contributed by atoms with Crippen molar-refractivity contribution in [2.75, 3.05) is 13.7 Å². The van der Waals surface area contributed by atoms with Gasteiger partial charge in [-0.1, -0.05) is 25.5 Å². The highest BCUT2D eigenvalue weighted by molar-refractivity contribution is 6.01. The van der Waals surface area contributed by atoms with Gasteiger partial charge in [-0.2, -0.15) is 0 Å². The summed E-state index contributed by atoms with van der Waals surface area (Å²) < 4.78 is 10.0. The zero-order valence-corrected chi connectivity index (χ0v) is 19.1. The van der Waals surface area contributed by atoms with E-state index in [0.29, 0.717) is 12.8 Å². The lowest BCUT2D eigenvalue weighted by atomic mass is 9.46. The predicted octanol–water partition coefficient (Wildman–Crippen LogP) is 2.41. The number of allylic oxidation sites excluding steroid dienone is 4. The van der Waals surface area contributed by atoms with E-state index >= 15 is 0 Å². The summed E-state index contributed by atoms with van der Waals surface area (Å²) in [6, 6.07) is 0. The van der Waals surface area contributed by atoms with Crippen LogP contribution < -0.4 is 0 Å². The maximum absolute atomic E-state index is 13.2. The molecule has 2 unspecified atom stereocenters. The molecule has 4 aliphatic carbocycles. The maximum atomic E-state index is 13.2. The van der Waals surface area contributed by atoms with Gasteiger partial charge in [0.05, 0.1) is 19.1 Å². The van der Waals surface area contributed by atoms with E-state index < -0.39 is 40.7 Å². The number of ketones is 2. The first-order chi connectivity index (χ1) is 15.0. The number of hydrogen-bond acceptors (Lipinski definition) is 7. The Kier molecular flexibility index (Phi) is 5.68. The quantitative estimate of drug-likeness (QED) is 0.664. The number of carbonyl (C=O) groups excluding carboxylic acids is 4. The normalized spacial score (nSPS) is 42.3. The topological polar surface area (TPSA) is 107 Å². The third-order valence-electron chi connectivity index (χ3n) is 8.82. The number of ether oxygens (including phenoxy) is 2. The first-order valence-electron chi connectivity index (χ1n) is 11.4. The third-order valence-corrected chi connectivity index (χ3v) is 8.82. The second kappa shape index (κ2) is 7.94. The van der Waals surface area contributed by atoms with E-state index in [0.717, 1.165) is 18.4 Å². The Morgan fingerprint density at radius 3 is 2.62 bits per heavy atom. The molecular formula is C25H32O7. The van der Waals surface area contributed by atoms with Gasteiger partial charge in [0, 0.05) is 24.2 Å². The standard InChI is InChI=1S/C25H32O7/c1-13(26)32-12-20(29)22-17(23(30)31-4)10-18-16-6-5-14-9-15(27)7-8-24(14,2)21(16)19(28)11-25(18,22)3/h7-9,16-19,21-22,28H,5-6,10-12H2,1-4H3/t16-,17?,18-,19?,21+,22+,24-,25-/m0/s1. The highest BCUT2D eigenvalue weighted by Crippen LogP contribution is 2.67. The van der Waals surface area contributed by atoms with Crippen LogP contribution in [-0.4, -0.2) is 48.4 Å². The molecular weight excluding hydrogens is 412 g/mol. The van der Waals surface area contributed by atoms with E-state index in [1.165, 1.54) is 14.0 Å². The van der Waals surface area contributed by atoms with Crippen molar-refractivity contribution >= 4 is 23.5 Å². The second-order valence-corrected chi connectivity index (χ2v) is 10.4. The molecule has 0 radical (unpaired) electrons. The molecule has 7 nitrogen and oxygen atoms in total. The molecule has 3 fully saturated rings. The van der Waals surface area contributed by atoms with Gasteiger partial charge in [-0.05, 0) is 55.1 Å². The van der Waals surface area contributed by atoms with Crippen LogP contribution in [0.15, 0.2) is 23.8 Å². The lowest BCUT2D eigenvalue weighted by Gasteiger charge is -2.58. The van der Waals surface area contributed by atoms with Crippen LogP contribution in [-0.2, 0) is 28.7 Å². The Bertz CT molecular complexity index is 917. The average Bonchev–Trinajstić information content (AvgIpc) is 3.04. The fraction of sp³-hybridized carbons (Fsp3) is 0.680. The lowest BCUT2D eigenvalue weighted by Crippen LogP contribution is -2.56. The van der Waals surface area contributed by atoms with Gasteiger partial charge in [0.1, 0.15) is 6.61 Å². The van der Waals surface area contributed by atoms with Crippen molar-refractivity contribution in [3.8, 4) is 0 Å². The number of aliphatic hydroxyl groups is 1. The molecule has 0 aromatic rings. The predicted molar refractivity (Wildman–Crippen MR) is 114 cm³/mol. The van der Waals surface area contributed by atoms with Crippen molar-refractivity contribution in [2.24, 2.45) is 40.4 Å². The van der Waals surface area contributed by atoms with Gasteiger partial charge in [-0.3, -0.25) is 19.2 Å². The number of aliphatic hydroxyl groups excluding tert-OH is 1. The van der Waals surface area contributed by atoms with Crippen molar-refractivity contribution in [2.45, 2.75) is 52.6 Å². The zero-order chi connectivity index (χ0) is 23.4. The number of esters is 2. The van der Waals surface area contributed by atoms with Gasteiger partial charge < -0.3 is 14.6 Å². The SMILES string of the molecule is COC(=O)C1C[C@H]2[C@@H]3CCC4=CC(=O)C=C[C@]4(C)[C@H]3C(O)C[C@]2(C)[C@H]1C(=O)COC(C)=O. The molecule has 0 aromatic carbocycles. The Balaban J connectivity index is 1.72. The first-order valence-corrected chi connectivity index (χ1v) is 11.4. The fourth-order valence-electron chi connectivity index (χ4n) is 7.61. The summed E-state index contributed by atoms with van der Waals surface area (Å²) in [5.41, 5.74) is 0.0274. The minimum atomic E-state index is -0.687. The summed E-state index contributed by atoms with van der Waals surface area (Å²) in [6.45, 7) is 4.94. The van der Waals surface area contributed by atoms with Crippen LogP contribution in [0.2, 0.25) is 0 Å². The summed E-state index contributed by atoms with van der Waals surface area (Å²) in [6.07, 6.45) is 6.96. The molecule has 0 aromatic heterocycles. The highest BCUT2D eigenvalue weighted by atomic mass is 16.5. The molecule has 0 saturated heterocycles. The van der Waals surface area contributed by atoms with Crippen LogP contribution in [0.3, 0.4) is 0 Å². The zero-order valence-electron chi connectivity index (χ0n) is 19.1. The summed E-state index contributed by atoms with van der Waals surface area (Å²) in [5, 5.41) is 11.4. The van der Waals surface area contributed by atoms with E-state index in [1.54, 1.807) is 12.2 Å². The maximum Gasteiger partial charge on any atom is 0.309 e. The summed E-state index contributed by atoms with van der Waals surface area (Å²) >= 11 is 0. The minimum Gasteiger partial charge on any atom is -0.469 e. The molecule has 8 atom stereocenters. The second-order valence-electron chi connectivity index (χ2n) is 10.4. The Hall–Kier alpha value is -2.28. The third kappa shape index (κ3) is 3.36. The molecule has 0 bridgehead atoms. The number of hydrogen-bond donors (Lipinski definition) is 1. The Labute approximate surface area is 188 Å². The number of carbonyl (C=O) groups is 4. The molecule has 3 saturated carbocycles. The van der Waals surface area contributed by atoms with E-state index in [1.807, 2.05) is 13.0 Å². The smallest absolute Gasteiger partial charge is 0.309 e. The van der Waals surface area contributed by atoms with Crippen molar-refractivity contribution in [3.63, 3.8) is 0 Å². The number of rotatable bonds is 4. The van der Waals surface area contributed by atoms with Gasteiger partial charge >= 0.3 is 11.9 Å². The molecule has 0 amide bonds. The molecule has 4 rings (SSSR count). The Morgan fingerprint density at radius 1 is 1.25 bits per heavy atom. The number of fused-ring (bicyclic) bond motifs is 5. The molecule has 0 aliphatic heterocycles. The molecule has 174 valence electrons. The minimum absolute atomic E-state index is 0.0196. The molecule has 32 heavy (non-hydrogen) atoms.